The SMILES string of the molecule is CCn1c(C)cc(C(=O)CSc2nncn2-c2cccc(NC(C)=O)c2)c1C. The van der Waals surface area contributed by atoms with Crippen LogP contribution in [0.4, 0.5) is 5.69 Å². The molecule has 0 saturated carbocycles. The van der Waals surface area contributed by atoms with E-state index in [4.69, 9.17) is 0 Å². The van der Waals surface area contributed by atoms with Crippen molar-refractivity contribution in [2.75, 3.05) is 11.1 Å². The molecule has 0 aliphatic carbocycles. The first-order valence-electron chi connectivity index (χ1n) is 9.01. The van der Waals surface area contributed by atoms with Crippen molar-refractivity contribution in [2.24, 2.45) is 0 Å². The number of aromatic nitrogens is 4. The van der Waals surface area contributed by atoms with E-state index in [1.807, 2.05) is 44.2 Å². The summed E-state index contributed by atoms with van der Waals surface area (Å²) < 4.78 is 3.94. The minimum absolute atomic E-state index is 0.0688. The molecule has 0 aliphatic rings. The molecule has 0 aliphatic heterocycles. The maximum atomic E-state index is 12.7. The molecule has 28 heavy (non-hydrogen) atoms. The molecule has 0 spiro atoms. The van der Waals surface area contributed by atoms with Gasteiger partial charge in [-0.2, -0.15) is 0 Å². The molecule has 0 unspecified atom stereocenters. The molecule has 0 saturated heterocycles. The van der Waals surface area contributed by atoms with Gasteiger partial charge in [-0.05, 0) is 45.0 Å². The molecule has 8 heteroatoms. The van der Waals surface area contributed by atoms with Crippen molar-refractivity contribution < 1.29 is 9.59 Å². The number of nitrogens with zero attached hydrogens (tertiary/aromatic N) is 4. The lowest BCUT2D eigenvalue weighted by Gasteiger charge is -2.09. The second-order valence-corrected chi connectivity index (χ2v) is 7.40. The normalized spacial score (nSPS) is 10.9. The van der Waals surface area contributed by atoms with Crippen molar-refractivity contribution in [3.05, 3.63) is 53.6 Å². The largest absolute Gasteiger partial charge is 0.349 e. The molecule has 3 aromatic rings. The number of carbonyl (C=O) groups is 2. The highest BCUT2D eigenvalue weighted by molar-refractivity contribution is 7.99. The Morgan fingerprint density at radius 1 is 1.21 bits per heavy atom. The molecule has 0 radical (unpaired) electrons. The Balaban J connectivity index is 1.76. The molecule has 7 nitrogen and oxygen atoms in total. The molecular weight excluding hydrogens is 374 g/mol. The van der Waals surface area contributed by atoms with E-state index in [2.05, 4.69) is 27.0 Å². The van der Waals surface area contributed by atoms with Gasteiger partial charge < -0.3 is 9.88 Å². The van der Waals surface area contributed by atoms with E-state index in [9.17, 15) is 9.59 Å². The van der Waals surface area contributed by atoms with E-state index in [0.717, 1.165) is 29.2 Å². The molecule has 2 aromatic heterocycles. The van der Waals surface area contributed by atoms with Crippen molar-refractivity contribution in [3.8, 4) is 5.69 Å². The van der Waals surface area contributed by atoms with Gasteiger partial charge in [0.2, 0.25) is 5.91 Å². The van der Waals surface area contributed by atoms with Crippen LogP contribution in [0.1, 0.15) is 35.6 Å². The Morgan fingerprint density at radius 3 is 2.68 bits per heavy atom. The van der Waals surface area contributed by atoms with Crippen molar-refractivity contribution in [1.82, 2.24) is 19.3 Å². The highest BCUT2D eigenvalue weighted by Crippen LogP contribution is 2.24. The van der Waals surface area contributed by atoms with Crippen LogP contribution >= 0.6 is 11.8 Å². The number of benzene rings is 1. The van der Waals surface area contributed by atoms with E-state index < -0.39 is 0 Å². The topological polar surface area (TPSA) is 81.8 Å². The number of hydrogen-bond acceptors (Lipinski definition) is 5. The van der Waals surface area contributed by atoms with Gasteiger partial charge in [0.25, 0.3) is 0 Å². The smallest absolute Gasteiger partial charge is 0.221 e. The molecule has 1 amide bonds. The van der Waals surface area contributed by atoms with E-state index in [-0.39, 0.29) is 17.4 Å². The molecule has 0 bridgehead atoms. The van der Waals surface area contributed by atoms with Crippen LogP contribution < -0.4 is 5.32 Å². The van der Waals surface area contributed by atoms with Gasteiger partial charge in [0.15, 0.2) is 10.9 Å². The van der Waals surface area contributed by atoms with E-state index >= 15 is 0 Å². The highest BCUT2D eigenvalue weighted by Gasteiger charge is 2.17. The average Bonchev–Trinajstić information content (AvgIpc) is 3.23. The van der Waals surface area contributed by atoms with E-state index in [1.165, 1.54) is 18.7 Å². The number of rotatable bonds is 7. The number of Topliss-reactive ketones (excluding diaryl/α,β-unsaturated/α-hetero) is 1. The van der Waals surface area contributed by atoms with Crippen LogP contribution in [0.25, 0.3) is 5.69 Å². The second-order valence-electron chi connectivity index (χ2n) is 6.46. The van der Waals surface area contributed by atoms with Crippen LogP contribution in [-0.4, -0.2) is 36.8 Å². The molecule has 0 atom stereocenters. The number of hydrogen-bond donors (Lipinski definition) is 1. The Bertz CT molecular complexity index is 1020. The Hall–Kier alpha value is -2.87. The lowest BCUT2D eigenvalue weighted by molar-refractivity contribution is -0.114. The first-order valence-corrected chi connectivity index (χ1v) is 10.00. The highest BCUT2D eigenvalue weighted by atomic mass is 32.2. The standard InChI is InChI=1S/C20H23N5O2S/c1-5-24-13(2)9-18(14(24)3)19(27)11-28-20-23-21-12-25(20)17-8-6-7-16(10-17)22-15(4)26/h6-10,12H,5,11H2,1-4H3,(H,22,26). The molecule has 2 heterocycles. The van der Waals surface area contributed by atoms with Crippen LogP contribution in [0.5, 0.6) is 0 Å². The average molecular weight is 398 g/mol. The summed E-state index contributed by atoms with van der Waals surface area (Å²) in [6.07, 6.45) is 1.60. The van der Waals surface area contributed by atoms with Gasteiger partial charge >= 0.3 is 0 Å². The third-order valence-electron chi connectivity index (χ3n) is 4.48. The first kappa shape index (κ1) is 19.9. The minimum atomic E-state index is -0.134. The number of nitrogens with one attached hydrogen (secondary N) is 1. The summed E-state index contributed by atoms with van der Waals surface area (Å²) in [6.45, 7) is 8.37. The Kier molecular flexibility index (Phi) is 5.99. The summed E-state index contributed by atoms with van der Waals surface area (Å²) >= 11 is 1.35. The summed E-state index contributed by atoms with van der Waals surface area (Å²) in [4.78, 5) is 24.0. The minimum Gasteiger partial charge on any atom is -0.349 e. The zero-order chi connectivity index (χ0) is 20.3. The van der Waals surface area contributed by atoms with Gasteiger partial charge in [0.05, 0.1) is 11.4 Å². The second kappa shape index (κ2) is 8.43. The third-order valence-corrected chi connectivity index (χ3v) is 5.43. The van der Waals surface area contributed by atoms with E-state index in [0.29, 0.717) is 10.8 Å². The van der Waals surface area contributed by atoms with Gasteiger partial charge in [-0.25, -0.2) is 0 Å². The molecule has 146 valence electrons. The third kappa shape index (κ3) is 4.17. The number of amides is 1. The fourth-order valence-electron chi connectivity index (χ4n) is 3.21. The fraction of sp³-hybridized carbons (Fsp3) is 0.300. The monoisotopic (exact) mass is 397 g/mol. The number of anilines is 1. The van der Waals surface area contributed by atoms with Crippen molar-refractivity contribution >= 4 is 29.1 Å². The summed E-state index contributed by atoms with van der Waals surface area (Å²) in [5, 5.41) is 11.5. The summed E-state index contributed by atoms with van der Waals surface area (Å²) in [5.74, 6) is 0.211. The molecule has 1 aromatic carbocycles. The molecule has 3 rings (SSSR count). The number of thioether (sulfide) groups is 1. The maximum Gasteiger partial charge on any atom is 0.221 e. The van der Waals surface area contributed by atoms with Crippen molar-refractivity contribution in [3.63, 3.8) is 0 Å². The molecule has 1 N–H and O–H groups in total. The van der Waals surface area contributed by atoms with Gasteiger partial charge in [0.1, 0.15) is 6.33 Å². The first-order chi connectivity index (χ1) is 13.4. The molecule has 0 fully saturated rings. The number of aryl methyl sites for hydroxylation is 1. The predicted molar refractivity (Wildman–Crippen MR) is 110 cm³/mol. The fourth-order valence-corrected chi connectivity index (χ4v) is 4.03. The van der Waals surface area contributed by atoms with Crippen LogP contribution in [0.3, 0.4) is 0 Å². The van der Waals surface area contributed by atoms with Gasteiger partial charge in [-0.15, -0.1) is 10.2 Å². The van der Waals surface area contributed by atoms with E-state index in [1.54, 1.807) is 10.9 Å². The summed E-state index contributed by atoms with van der Waals surface area (Å²) in [6, 6.07) is 9.35. The summed E-state index contributed by atoms with van der Waals surface area (Å²) in [5.41, 5.74) is 4.35. The summed E-state index contributed by atoms with van der Waals surface area (Å²) in [7, 11) is 0. The number of ketones is 1. The Labute approximate surface area is 168 Å². The maximum absolute atomic E-state index is 12.7. The zero-order valence-electron chi connectivity index (χ0n) is 16.4. The van der Waals surface area contributed by atoms with Crippen molar-refractivity contribution in [1.29, 1.82) is 0 Å². The van der Waals surface area contributed by atoms with Crippen LogP contribution in [0, 0.1) is 13.8 Å². The van der Waals surface area contributed by atoms with Crippen LogP contribution in [-0.2, 0) is 11.3 Å². The van der Waals surface area contributed by atoms with Gasteiger partial charge in [-0.1, -0.05) is 17.8 Å². The lowest BCUT2D eigenvalue weighted by Crippen LogP contribution is -2.07. The quantitative estimate of drug-likeness (QED) is 0.486. The predicted octanol–water partition coefficient (Wildman–Crippen LogP) is 3.64. The van der Waals surface area contributed by atoms with Crippen molar-refractivity contribution in [2.45, 2.75) is 39.4 Å². The van der Waals surface area contributed by atoms with Crippen LogP contribution in [0.2, 0.25) is 0 Å². The number of carbonyl (C=O) groups excluding carboxylic acids is 2. The lowest BCUT2D eigenvalue weighted by atomic mass is 10.2. The van der Waals surface area contributed by atoms with Gasteiger partial charge in [-0.3, -0.25) is 14.2 Å². The Morgan fingerprint density at radius 2 is 2.00 bits per heavy atom. The van der Waals surface area contributed by atoms with Crippen LogP contribution in [0.15, 0.2) is 41.8 Å². The zero-order valence-corrected chi connectivity index (χ0v) is 17.2. The van der Waals surface area contributed by atoms with Gasteiger partial charge in [0, 0.05) is 36.1 Å². The molecular formula is C20H23N5O2S.